The van der Waals surface area contributed by atoms with Crippen molar-refractivity contribution >= 4 is 70.7 Å². The third kappa shape index (κ3) is 5.03. The van der Waals surface area contributed by atoms with Gasteiger partial charge in [0.1, 0.15) is 0 Å². The van der Waals surface area contributed by atoms with Gasteiger partial charge in [-0.1, -0.05) is 206 Å². The molecular weight excluding hydrogens is 969 g/mol. The van der Waals surface area contributed by atoms with Crippen molar-refractivity contribution in [2.24, 2.45) is 0 Å². The number of aromatic nitrogens is 2. The van der Waals surface area contributed by atoms with Crippen LogP contribution in [0.15, 0.2) is 231 Å². The van der Waals surface area contributed by atoms with Gasteiger partial charge < -0.3 is 8.97 Å². The van der Waals surface area contributed by atoms with E-state index in [1.165, 1.54) is 93.3 Å². The van der Waals surface area contributed by atoms with Crippen molar-refractivity contribution in [3.63, 3.8) is 0 Å². The van der Waals surface area contributed by atoms with E-state index in [0.29, 0.717) is 11.1 Å². The van der Waals surface area contributed by atoms with Gasteiger partial charge in [0.25, 0.3) is 0 Å². The number of benzene rings is 12. The average molecular weight is 1010 g/mol. The molecule has 0 spiro atoms. The Morgan fingerprint density at radius 2 is 0.738 bits per heavy atom. The summed E-state index contributed by atoms with van der Waals surface area (Å²) in [5.74, 6) is -0.448. The number of para-hydroxylation sites is 1. The second-order valence-electron chi connectivity index (χ2n) is 22.6. The molecule has 0 unspecified atom stereocenters. The molecule has 15 aromatic rings. The first-order valence-electron chi connectivity index (χ1n) is 27.8. The quantitative estimate of drug-likeness (QED) is 0.131. The maximum absolute atomic E-state index is 11.7. The van der Waals surface area contributed by atoms with E-state index >= 15 is 0 Å². The van der Waals surface area contributed by atoms with E-state index in [-0.39, 0.29) is 23.7 Å². The molecule has 3 heterocycles. The van der Waals surface area contributed by atoms with E-state index in [2.05, 4.69) is 252 Å². The number of hydrogen-bond acceptors (Lipinski definition) is 2. The summed E-state index contributed by atoms with van der Waals surface area (Å²) in [6.07, 6.45) is 0. The molecule has 0 fully saturated rings. The zero-order valence-electron chi connectivity index (χ0n) is 43.0. The number of nitrogens with zero attached hydrogens (tertiary/aromatic N) is 4. The van der Waals surface area contributed by atoms with Crippen molar-refractivity contribution in [2.75, 3.05) is 0 Å². The highest BCUT2D eigenvalue weighted by atomic mass is 15.0. The fraction of sp³-hybridized carbons (Fsp3) is 0.0526. The van der Waals surface area contributed by atoms with E-state index in [9.17, 15) is 10.5 Å². The number of fused-ring (bicyclic) bond motifs is 9. The van der Waals surface area contributed by atoms with Gasteiger partial charge in [0.2, 0.25) is 0 Å². The third-order valence-corrected chi connectivity index (χ3v) is 19.2. The smallest absolute Gasteiger partial charge is 0.0995 e. The van der Waals surface area contributed by atoms with E-state index < -0.39 is 0 Å². The molecule has 366 valence electrons. The van der Waals surface area contributed by atoms with Crippen LogP contribution in [-0.4, -0.2) is 8.97 Å². The minimum absolute atomic E-state index is 0.104. The van der Waals surface area contributed by atoms with Crippen LogP contribution in [0.3, 0.4) is 0 Å². The van der Waals surface area contributed by atoms with Gasteiger partial charge in [-0.15, -0.1) is 0 Å². The van der Waals surface area contributed by atoms with Gasteiger partial charge in [0.15, 0.2) is 0 Å². The van der Waals surface area contributed by atoms with Crippen LogP contribution in [0.1, 0.15) is 102 Å². The largest absolute Gasteiger partial charge is 0.308 e. The lowest BCUT2D eigenvalue weighted by atomic mass is 9.59. The van der Waals surface area contributed by atoms with E-state index in [1.807, 2.05) is 0 Å². The second kappa shape index (κ2) is 15.1. The molecule has 4 heteroatoms. The summed E-state index contributed by atoms with van der Waals surface area (Å²) in [5.41, 5.74) is 27.4. The Labute approximate surface area is 459 Å². The SMILES string of the molecule is N#Cc1cc2c(c3c1C1c4ccccc4C3c3ccccc31)c1cc3c(c4cccc5cccc(c54)n3-c3c(-c4ccccc4)cccc3-c3ccccc3)c3c4c5c(c(C#N)cc4n2c13)C1c2ccccc2C5c2ccccc21. The molecule has 12 aromatic carbocycles. The first-order chi connectivity index (χ1) is 39.7. The fourth-order valence-corrected chi connectivity index (χ4v) is 16.5. The molecule has 0 saturated heterocycles. The van der Waals surface area contributed by atoms with Crippen LogP contribution in [0.4, 0.5) is 0 Å². The van der Waals surface area contributed by atoms with E-state index in [0.717, 1.165) is 72.0 Å². The zero-order chi connectivity index (χ0) is 52.2. The highest BCUT2D eigenvalue weighted by Gasteiger charge is 2.47. The molecule has 80 heavy (non-hydrogen) atoms. The zero-order valence-corrected chi connectivity index (χ0v) is 43.0. The summed E-state index contributed by atoms with van der Waals surface area (Å²) in [4.78, 5) is 0. The molecule has 4 nitrogen and oxygen atoms in total. The monoisotopic (exact) mass is 1010 g/mol. The first kappa shape index (κ1) is 42.6. The molecule has 4 bridgehead atoms. The minimum Gasteiger partial charge on any atom is -0.308 e. The number of hydrogen-bond donors (Lipinski definition) is 0. The van der Waals surface area contributed by atoms with Crippen LogP contribution < -0.4 is 0 Å². The minimum atomic E-state index is -0.122. The van der Waals surface area contributed by atoms with Gasteiger partial charge in [0.05, 0.1) is 56.5 Å². The molecule has 3 aromatic heterocycles. The Hall–Kier alpha value is -10.5. The van der Waals surface area contributed by atoms with Gasteiger partial charge in [0, 0.05) is 67.1 Å². The van der Waals surface area contributed by atoms with Crippen LogP contribution >= 0.6 is 0 Å². The van der Waals surface area contributed by atoms with Crippen LogP contribution in [0.2, 0.25) is 0 Å². The topological polar surface area (TPSA) is 56.9 Å². The van der Waals surface area contributed by atoms with E-state index in [4.69, 9.17) is 0 Å². The summed E-state index contributed by atoms with van der Waals surface area (Å²) in [5, 5.41) is 32.8. The third-order valence-electron chi connectivity index (χ3n) is 19.2. The predicted molar refractivity (Wildman–Crippen MR) is 323 cm³/mol. The summed E-state index contributed by atoms with van der Waals surface area (Å²) in [7, 11) is 0. The molecule has 0 N–H and O–H groups in total. The molecule has 6 aliphatic rings. The Morgan fingerprint density at radius 1 is 0.312 bits per heavy atom. The lowest BCUT2D eigenvalue weighted by molar-refractivity contribution is 0.758. The second-order valence-corrected chi connectivity index (χ2v) is 22.6. The van der Waals surface area contributed by atoms with Crippen molar-refractivity contribution in [3.8, 4) is 40.1 Å². The summed E-state index contributed by atoms with van der Waals surface area (Å²) in [6.45, 7) is 0. The van der Waals surface area contributed by atoms with Crippen LogP contribution in [0.5, 0.6) is 0 Å². The molecule has 6 aliphatic carbocycles. The standard InChI is InChI=1S/C76H42N4/c77-39-44-36-59-70(72-63(44)65-48-24-7-11-28-52(48)67(72)53-29-12-8-25-49(53)65)57-38-61-69(74-71-60(80(59)76(57)74)37-45(40-78)64-66-50-26-9-13-30-54(50)68(73(64)71)55-31-14-10-27-51(55)66)56-34-15-22-43-23-16-35-58(62(43)56)79(61)75-46(41-18-3-1-4-19-41)32-17-33-47(75)42-20-5-2-6-21-42/h1-38,65-68H. The van der Waals surface area contributed by atoms with Gasteiger partial charge in [-0.05, 0) is 113 Å². The molecule has 0 atom stereocenters. The molecule has 0 amide bonds. The van der Waals surface area contributed by atoms with Gasteiger partial charge in [-0.2, -0.15) is 10.5 Å². The average Bonchev–Trinajstić information content (AvgIpc) is 2.30. The molecule has 0 saturated carbocycles. The molecule has 21 rings (SSSR count). The Balaban J connectivity index is 1.11. The van der Waals surface area contributed by atoms with Gasteiger partial charge in [-0.3, -0.25) is 0 Å². The van der Waals surface area contributed by atoms with Crippen molar-refractivity contribution in [1.29, 1.82) is 10.5 Å². The lowest BCUT2D eigenvalue weighted by Crippen LogP contribution is -2.28. The maximum Gasteiger partial charge on any atom is 0.0995 e. The Kier molecular flexibility index (Phi) is 8.06. The van der Waals surface area contributed by atoms with Gasteiger partial charge >= 0.3 is 0 Å². The normalized spacial score (nSPS) is 17.0. The molecule has 0 radical (unpaired) electrons. The number of nitriles is 2. The fourth-order valence-electron chi connectivity index (χ4n) is 16.5. The number of rotatable bonds is 3. The molecular formula is C76H42N4. The van der Waals surface area contributed by atoms with Gasteiger partial charge in [-0.25, -0.2) is 0 Å². The van der Waals surface area contributed by atoms with Crippen molar-refractivity contribution in [3.05, 3.63) is 308 Å². The maximum atomic E-state index is 11.7. The summed E-state index contributed by atoms with van der Waals surface area (Å²) in [6, 6.07) is 90.8. The Bertz CT molecular complexity index is 5250. The highest BCUT2D eigenvalue weighted by Crippen LogP contribution is 2.63. The van der Waals surface area contributed by atoms with E-state index in [1.54, 1.807) is 0 Å². The Morgan fingerprint density at radius 3 is 1.23 bits per heavy atom. The van der Waals surface area contributed by atoms with Crippen molar-refractivity contribution in [1.82, 2.24) is 8.97 Å². The lowest BCUT2D eigenvalue weighted by Gasteiger charge is -2.43. The first-order valence-corrected chi connectivity index (χ1v) is 27.8. The highest BCUT2D eigenvalue weighted by molar-refractivity contribution is 6.38. The number of pyridine rings is 1. The van der Waals surface area contributed by atoms with Crippen LogP contribution in [-0.2, 0) is 0 Å². The van der Waals surface area contributed by atoms with Crippen molar-refractivity contribution < 1.29 is 0 Å². The molecule has 0 aliphatic heterocycles. The van der Waals surface area contributed by atoms with Crippen molar-refractivity contribution in [2.45, 2.75) is 23.7 Å². The summed E-state index contributed by atoms with van der Waals surface area (Å²) < 4.78 is 5.11. The van der Waals surface area contributed by atoms with Crippen LogP contribution in [0, 0.1) is 22.7 Å². The predicted octanol–water partition coefficient (Wildman–Crippen LogP) is 18.1. The van der Waals surface area contributed by atoms with Crippen LogP contribution in [0.25, 0.3) is 98.6 Å². The summed E-state index contributed by atoms with van der Waals surface area (Å²) >= 11 is 0.